The van der Waals surface area contributed by atoms with Crippen molar-refractivity contribution in [3.8, 4) is 0 Å². The van der Waals surface area contributed by atoms with E-state index in [9.17, 15) is 19.8 Å². The lowest BCUT2D eigenvalue weighted by Gasteiger charge is -2.22. The van der Waals surface area contributed by atoms with E-state index in [0.717, 1.165) is 0 Å². The van der Waals surface area contributed by atoms with Gasteiger partial charge in [-0.25, -0.2) is 4.79 Å². The predicted octanol–water partition coefficient (Wildman–Crippen LogP) is -0.804. The van der Waals surface area contributed by atoms with Gasteiger partial charge in [0, 0.05) is 12.6 Å². The Labute approximate surface area is 108 Å². The number of carbonyl (C=O) groups is 1. The number of aromatic nitrogens is 2. The van der Waals surface area contributed by atoms with E-state index >= 15 is 0 Å². The highest BCUT2D eigenvalue weighted by molar-refractivity contribution is 5.75. The second-order valence-corrected chi connectivity index (χ2v) is 4.73. The maximum absolute atomic E-state index is 11.7. The third kappa shape index (κ3) is 2.20. The Morgan fingerprint density at radius 2 is 2.42 bits per heavy atom. The Hall–Kier alpha value is -1.93. The molecule has 2 heterocycles. The van der Waals surface area contributed by atoms with Crippen LogP contribution in [0.2, 0.25) is 0 Å². The third-order valence-electron chi connectivity index (χ3n) is 3.45. The number of nitrogen functional groups attached to an aromatic ring is 1. The van der Waals surface area contributed by atoms with Crippen LogP contribution in [0.5, 0.6) is 0 Å². The predicted molar refractivity (Wildman–Crippen MR) is 64.3 cm³/mol. The molecule has 2 rings (SSSR count). The van der Waals surface area contributed by atoms with Gasteiger partial charge < -0.3 is 20.7 Å². The minimum Gasteiger partial charge on any atom is -0.481 e. The van der Waals surface area contributed by atoms with Gasteiger partial charge in [0.2, 0.25) is 0 Å². The van der Waals surface area contributed by atoms with Gasteiger partial charge in [0.25, 0.3) is 0 Å². The Morgan fingerprint density at radius 1 is 1.74 bits per heavy atom. The summed E-state index contributed by atoms with van der Waals surface area (Å²) in [6, 6.07) is 1.43. The van der Waals surface area contributed by atoms with Crippen LogP contribution in [0.4, 0.5) is 5.82 Å². The molecule has 0 amide bonds. The van der Waals surface area contributed by atoms with Gasteiger partial charge in [-0.05, 0) is 13.0 Å². The zero-order valence-electron chi connectivity index (χ0n) is 10.3. The van der Waals surface area contributed by atoms with Crippen LogP contribution in [0.15, 0.2) is 17.1 Å². The molecule has 104 valence electrons. The number of aliphatic carboxylic acids is 1. The van der Waals surface area contributed by atoms with Gasteiger partial charge in [-0.3, -0.25) is 9.36 Å². The van der Waals surface area contributed by atoms with Crippen molar-refractivity contribution in [2.45, 2.75) is 25.7 Å². The van der Waals surface area contributed by atoms with Crippen molar-refractivity contribution in [3.05, 3.63) is 22.7 Å². The summed E-state index contributed by atoms with van der Waals surface area (Å²) in [6.45, 7) is 1.04. The molecule has 1 saturated heterocycles. The van der Waals surface area contributed by atoms with Crippen LogP contribution in [0.3, 0.4) is 0 Å². The standard InChI is InChI=1S/C11H15N3O5/c1-11(9(16)17)4-8(19-6(11)5-15)14-3-2-7(12)13-10(14)18/h2-3,6,8,15H,4-5H2,1H3,(H,16,17)(H2,12,13,18). The first kappa shape index (κ1) is 13.5. The number of nitrogens with two attached hydrogens (primary N) is 1. The fourth-order valence-corrected chi connectivity index (χ4v) is 2.16. The normalized spacial score (nSPS) is 30.4. The Kier molecular flexibility index (Phi) is 3.29. The van der Waals surface area contributed by atoms with Crippen molar-refractivity contribution in [1.29, 1.82) is 0 Å². The molecule has 0 radical (unpaired) electrons. The van der Waals surface area contributed by atoms with Crippen molar-refractivity contribution < 1.29 is 19.7 Å². The fraction of sp³-hybridized carbons (Fsp3) is 0.545. The summed E-state index contributed by atoms with van der Waals surface area (Å²) in [4.78, 5) is 26.5. The SMILES string of the molecule is CC1(C(=O)O)CC(n2ccc(N)nc2=O)OC1CO. The zero-order chi connectivity index (χ0) is 14.2. The molecule has 0 spiro atoms. The number of rotatable bonds is 3. The van der Waals surface area contributed by atoms with E-state index in [1.54, 1.807) is 0 Å². The van der Waals surface area contributed by atoms with E-state index in [0.29, 0.717) is 0 Å². The van der Waals surface area contributed by atoms with E-state index in [1.807, 2.05) is 0 Å². The lowest BCUT2D eigenvalue weighted by Crippen LogP contribution is -2.38. The monoisotopic (exact) mass is 269 g/mol. The van der Waals surface area contributed by atoms with Gasteiger partial charge in [0.05, 0.1) is 18.1 Å². The van der Waals surface area contributed by atoms with Crippen LogP contribution in [0.1, 0.15) is 19.6 Å². The molecular weight excluding hydrogens is 254 g/mol. The number of carboxylic acids is 1. The molecule has 1 aliphatic rings. The summed E-state index contributed by atoms with van der Waals surface area (Å²) in [7, 11) is 0. The van der Waals surface area contributed by atoms with Crippen LogP contribution in [0, 0.1) is 5.41 Å². The molecule has 1 aliphatic heterocycles. The molecule has 1 aromatic heterocycles. The first-order chi connectivity index (χ1) is 8.88. The first-order valence-corrected chi connectivity index (χ1v) is 5.73. The Balaban J connectivity index is 2.34. The van der Waals surface area contributed by atoms with Gasteiger partial charge in [0.1, 0.15) is 12.0 Å². The zero-order valence-corrected chi connectivity index (χ0v) is 10.3. The molecule has 0 aromatic carbocycles. The van der Waals surface area contributed by atoms with Gasteiger partial charge in [-0.15, -0.1) is 0 Å². The Bertz CT molecular complexity index is 558. The molecule has 3 atom stereocenters. The molecule has 0 saturated carbocycles. The highest BCUT2D eigenvalue weighted by Gasteiger charge is 2.51. The molecule has 0 aliphatic carbocycles. The van der Waals surface area contributed by atoms with Crippen molar-refractivity contribution in [2.75, 3.05) is 12.3 Å². The first-order valence-electron chi connectivity index (χ1n) is 5.73. The molecule has 1 aromatic rings. The molecule has 8 nitrogen and oxygen atoms in total. The second-order valence-electron chi connectivity index (χ2n) is 4.73. The minimum absolute atomic E-state index is 0.0685. The molecule has 1 fully saturated rings. The average molecular weight is 269 g/mol. The van der Waals surface area contributed by atoms with Gasteiger partial charge in [-0.2, -0.15) is 4.98 Å². The summed E-state index contributed by atoms with van der Waals surface area (Å²) >= 11 is 0. The van der Waals surface area contributed by atoms with Crippen molar-refractivity contribution in [3.63, 3.8) is 0 Å². The summed E-state index contributed by atoms with van der Waals surface area (Å²) in [6.07, 6.45) is -0.186. The van der Waals surface area contributed by atoms with Crippen LogP contribution in [-0.2, 0) is 9.53 Å². The summed E-state index contributed by atoms with van der Waals surface area (Å²) < 4.78 is 6.62. The van der Waals surface area contributed by atoms with E-state index in [2.05, 4.69) is 4.98 Å². The molecule has 3 unspecified atom stereocenters. The number of carboxylic acid groups (broad SMARTS) is 1. The maximum Gasteiger partial charge on any atom is 0.351 e. The highest BCUT2D eigenvalue weighted by atomic mass is 16.5. The second kappa shape index (κ2) is 4.63. The number of nitrogens with zero attached hydrogens (tertiary/aromatic N) is 2. The van der Waals surface area contributed by atoms with E-state index < -0.39 is 36.0 Å². The molecule has 4 N–H and O–H groups in total. The highest BCUT2D eigenvalue weighted by Crippen LogP contribution is 2.42. The van der Waals surface area contributed by atoms with Gasteiger partial charge in [-0.1, -0.05) is 0 Å². The minimum atomic E-state index is -1.25. The smallest absolute Gasteiger partial charge is 0.351 e. The average Bonchev–Trinajstić information content (AvgIpc) is 2.67. The number of anilines is 1. The number of aliphatic hydroxyl groups is 1. The molecule has 0 bridgehead atoms. The topological polar surface area (TPSA) is 128 Å². The third-order valence-corrected chi connectivity index (χ3v) is 3.45. The van der Waals surface area contributed by atoms with Crippen LogP contribution >= 0.6 is 0 Å². The lowest BCUT2D eigenvalue weighted by molar-refractivity contribution is -0.152. The fourth-order valence-electron chi connectivity index (χ4n) is 2.16. The van der Waals surface area contributed by atoms with Gasteiger partial charge in [0.15, 0.2) is 0 Å². The molecule has 19 heavy (non-hydrogen) atoms. The lowest BCUT2D eigenvalue weighted by atomic mass is 9.83. The van der Waals surface area contributed by atoms with E-state index in [4.69, 9.17) is 10.5 Å². The van der Waals surface area contributed by atoms with Crippen LogP contribution in [0.25, 0.3) is 0 Å². The summed E-state index contributed by atoms with van der Waals surface area (Å²) in [5, 5.41) is 18.5. The van der Waals surface area contributed by atoms with Gasteiger partial charge >= 0.3 is 11.7 Å². The quantitative estimate of drug-likeness (QED) is 0.655. The maximum atomic E-state index is 11.7. The largest absolute Gasteiger partial charge is 0.481 e. The van der Waals surface area contributed by atoms with Crippen molar-refractivity contribution in [1.82, 2.24) is 9.55 Å². The number of hydrogen-bond donors (Lipinski definition) is 3. The van der Waals surface area contributed by atoms with Crippen LogP contribution < -0.4 is 11.4 Å². The van der Waals surface area contributed by atoms with E-state index in [-0.39, 0.29) is 12.2 Å². The number of hydrogen-bond acceptors (Lipinski definition) is 6. The molecular formula is C11H15N3O5. The van der Waals surface area contributed by atoms with Crippen LogP contribution in [-0.4, -0.2) is 38.4 Å². The van der Waals surface area contributed by atoms with E-state index in [1.165, 1.54) is 23.8 Å². The number of aliphatic hydroxyl groups excluding tert-OH is 1. The summed E-state index contributed by atoms with van der Waals surface area (Å²) in [5.74, 6) is -0.996. The van der Waals surface area contributed by atoms with Crippen molar-refractivity contribution in [2.24, 2.45) is 5.41 Å². The molecule has 8 heteroatoms. The number of ether oxygens (including phenoxy) is 1. The Morgan fingerprint density at radius 3 is 2.89 bits per heavy atom. The van der Waals surface area contributed by atoms with Crippen molar-refractivity contribution >= 4 is 11.8 Å². The summed E-state index contributed by atoms with van der Waals surface area (Å²) in [5.41, 5.74) is 3.52.